The van der Waals surface area contributed by atoms with Gasteiger partial charge in [0, 0.05) is 19.1 Å². The molecular weight excluding hydrogens is 174 g/mol. The van der Waals surface area contributed by atoms with Crippen LogP contribution in [-0.2, 0) is 0 Å². The third kappa shape index (κ3) is 2.97. The first-order chi connectivity index (χ1) is 6.65. The summed E-state index contributed by atoms with van der Waals surface area (Å²) in [4.78, 5) is 4.54. The maximum atomic E-state index is 8.98. The molecule has 0 heterocycles. The van der Waals surface area contributed by atoms with Gasteiger partial charge in [0.15, 0.2) is 0 Å². The lowest BCUT2D eigenvalue weighted by atomic mass is 10.0. The van der Waals surface area contributed by atoms with Crippen LogP contribution in [0.15, 0.2) is 0 Å². The van der Waals surface area contributed by atoms with Gasteiger partial charge in [-0.15, -0.1) is 0 Å². The fourth-order valence-electron chi connectivity index (χ4n) is 2.14. The van der Waals surface area contributed by atoms with Crippen molar-refractivity contribution in [2.45, 2.75) is 25.3 Å². The highest BCUT2D eigenvalue weighted by molar-refractivity contribution is 4.96. The highest BCUT2D eigenvalue weighted by atomic mass is 15.2. The van der Waals surface area contributed by atoms with Crippen LogP contribution in [-0.4, -0.2) is 50.1 Å². The summed E-state index contributed by atoms with van der Waals surface area (Å²) in [5, 5.41) is 8.98. The van der Waals surface area contributed by atoms with Gasteiger partial charge in [-0.05, 0) is 34.0 Å². The molecule has 0 aromatic heterocycles. The van der Waals surface area contributed by atoms with Crippen molar-refractivity contribution in [3.63, 3.8) is 0 Å². The smallest absolute Gasteiger partial charge is 0.0672 e. The molecule has 0 bridgehead atoms. The zero-order valence-corrected chi connectivity index (χ0v) is 9.53. The molecule has 0 saturated heterocycles. The molecule has 2 unspecified atom stereocenters. The van der Waals surface area contributed by atoms with Crippen molar-refractivity contribution in [3.05, 3.63) is 0 Å². The van der Waals surface area contributed by atoms with Gasteiger partial charge in [-0.3, -0.25) is 0 Å². The average molecular weight is 195 g/mol. The summed E-state index contributed by atoms with van der Waals surface area (Å²) in [5.41, 5.74) is 0. The Morgan fingerprint density at radius 2 is 1.93 bits per heavy atom. The van der Waals surface area contributed by atoms with E-state index in [4.69, 9.17) is 5.26 Å². The second-order valence-corrected chi connectivity index (χ2v) is 4.52. The lowest BCUT2D eigenvalue weighted by Gasteiger charge is -2.27. The molecule has 1 aliphatic rings. The van der Waals surface area contributed by atoms with Crippen molar-refractivity contribution in [3.8, 4) is 6.07 Å². The van der Waals surface area contributed by atoms with Gasteiger partial charge in [-0.1, -0.05) is 6.42 Å². The quantitative estimate of drug-likeness (QED) is 0.674. The van der Waals surface area contributed by atoms with Gasteiger partial charge >= 0.3 is 0 Å². The Bertz CT molecular complexity index is 207. The Hall–Kier alpha value is -0.590. The van der Waals surface area contributed by atoms with Crippen molar-refractivity contribution in [1.82, 2.24) is 9.80 Å². The molecular formula is C11H21N3. The number of likely N-dealkylation sites (N-methyl/N-ethyl adjacent to an activating group) is 2. The van der Waals surface area contributed by atoms with Crippen LogP contribution in [0.4, 0.5) is 0 Å². The lowest BCUT2D eigenvalue weighted by molar-refractivity contribution is 0.200. The van der Waals surface area contributed by atoms with Gasteiger partial charge in [-0.25, -0.2) is 0 Å². The third-order valence-electron chi connectivity index (χ3n) is 3.11. The van der Waals surface area contributed by atoms with Crippen molar-refractivity contribution < 1.29 is 0 Å². The molecule has 2 atom stereocenters. The molecule has 0 amide bonds. The van der Waals surface area contributed by atoms with Crippen LogP contribution in [0.3, 0.4) is 0 Å². The Kier molecular flexibility index (Phi) is 4.37. The highest BCUT2D eigenvalue weighted by Crippen LogP contribution is 2.28. The summed E-state index contributed by atoms with van der Waals surface area (Å²) in [6, 6.07) is 2.93. The second kappa shape index (κ2) is 5.33. The maximum Gasteiger partial charge on any atom is 0.0672 e. The van der Waals surface area contributed by atoms with Crippen LogP contribution in [0.1, 0.15) is 19.3 Å². The van der Waals surface area contributed by atoms with Gasteiger partial charge in [0.25, 0.3) is 0 Å². The number of nitriles is 1. The first-order valence-electron chi connectivity index (χ1n) is 5.39. The maximum absolute atomic E-state index is 8.98. The molecule has 1 fully saturated rings. The first-order valence-corrected chi connectivity index (χ1v) is 5.39. The van der Waals surface area contributed by atoms with Crippen LogP contribution in [0.2, 0.25) is 0 Å². The largest absolute Gasteiger partial charge is 0.308 e. The van der Waals surface area contributed by atoms with Gasteiger partial charge in [0.1, 0.15) is 0 Å². The first kappa shape index (κ1) is 11.5. The summed E-state index contributed by atoms with van der Waals surface area (Å²) >= 11 is 0. The summed E-state index contributed by atoms with van der Waals surface area (Å²) in [7, 11) is 6.32. The normalized spacial score (nSPS) is 27.1. The fraction of sp³-hybridized carbons (Fsp3) is 0.909. The molecule has 0 radical (unpaired) electrons. The van der Waals surface area contributed by atoms with E-state index in [0.717, 1.165) is 19.5 Å². The third-order valence-corrected chi connectivity index (χ3v) is 3.11. The Labute approximate surface area is 87.3 Å². The fourth-order valence-corrected chi connectivity index (χ4v) is 2.14. The zero-order chi connectivity index (χ0) is 10.6. The van der Waals surface area contributed by atoms with Crippen LogP contribution < -0.4 is 0 Å². The Morgan fingerprint density at radius 1 is 1.21 bits per heavy atom. The van der Waals surface area contributed by atoms with Gasteiger partial charge in [-0.2, -0.15) is 5.26 Å². The lowest BCUT2D eigenvalue weighted by Crippen LogP contribution is -2.38. The summed E-state index contributed by atoms with van der Waals surface area (Å²) in [6.45, 7) is 2.14. The summed E-state index contributed by atoms with van der Waals surface area (Å²) in [6.07, 6.45) is 3.50. The van der Waals surface area contributed by atoms with E-state index in [1.165, 1.54) is 12.8 Å². The number of hydrogen-bond acceptors (Lipinski definition) is 3. The average Bonchev–Trinajstić information content (AvgIpc) is 2.61. The van der Waals surface area contributed by atoms with Crippen molar-refractivity contribution in [2.75, 3.05) is 34.2 Å². The van der Waals surface area contributed by atoms with Crippen molar-refractivity contribution in [1.29, 1.82) is 5.26 Å². The van der Waals surface area contributed by atoms with E-state index >= 15 is 0 Å². The molecule has 3 heteroatoms. The number of hydrogen-bond donors (Lipinski definition) is 0. The van der Waals surface area contributed by atoms with Crippen molar-refractivity contribution in [2.24, 2.45) is 5.92 Å². The number of nitrogens with zero attached hydrogens (tertiary/aromatic N) is 3. The van der Waals surface area contributed by atoms with Crippen LogP contribution >= 0.6 is 0 Å². The molecule has 1 saturated carbocycles. The van der Waals surface area contributed by atoms with Crippen LogP contribution in [0.25, 0.3) is 0 Å². The SMILES string of the molecule is CN(C)CCN(C)C1CCCC1C#N. The van der Waals surface area contributed by atoms with Crippen LogP contribution in [0.5, 0.6) is 0 Å². The molecule has 1 aliphatic carbocycles. The topological polar surface area (TPSA) is 30.3 Å². The van der Waals surface area contributed by atoms with E-state index in [1.54, 1.807) is 0 Å². The molecule has 0 aromatic carbocycles. The minimum Gasteiger partial charge on any atom is -0.308 e. The minimum atomic E-state index is 0.266. The molecule has 3 nitrogen and oxygen atoms in total. The van der Waals surface area contributed by atoms with E-state index in [9.17, 15) is 0 Å². The zero-order valence-electron chi connectivity index (χ0n) is 9.53. The molecule has 0 aromatic rings. The predicted molar refractivity (Wildman–Crippen MR) is 57.9 cm³/mol. The molecule has 0 spiro atoms. The summed E-state index contributed by atoms with van der Waals surface area (Å²) in [5.74, 6) is 0.266. The molecule has 1 rings (SSSR count). The molecule has 80 valence electrons. The van der Waals surface area contributed by atoms with E-state index in [-0.39, 0.29) is 5.92 Å². The van der Waals surface area contributed by atoms with Gasteiger partial charge < -0.3 is 9.80 Å². The number of rotatable bonds is 4. The van der Waals surface area contributed by atoms with E-state index in [2.05, 4.69) is 37.0 Å². The molecule has 14 heavy (non-hydrogen) atoms. The molecule has 0 aliphatic heterocycles. The van der Waals surface area contributed by atoms with Crippen LogP contribution in [0, 0.1) is 17.2 Å². The Morgan fingerprint density at radius 3 is 2.50 bits per heavy atom. The van der Waals surface area contributed by atoms with E-state index in [1.807, 2.05) is 0 Å². The monoisotopic (exact) mass is 195 g/mol. The highest BCUT2D eigenvalue weighted by Gasteiger charge is 2.29. The van der Waals surface area contributed by atoms with E-state index in [0.29, 0.717) is 6.04 Å². The minimum absolute atomic E-state index is 0.266. The van der Waals surface area contributed by atoms with Gasteiger partial charge in [0.05, 0.1) is 12.0 Å². The van der Waals surface area contributed by atoms with Crippen molar-refractivity contribution >= 4 is 0 Å². The Balaban J connectivity index is 2.36. The van der Waals surface area contributed by atoms with E-state index < -0.39 is 0 Å². The standard InChI is InChI=1S/C11H21N3/c1-13(2)7-8-14(3)11-6-4-5-10(11)9-12/h10-11H,4-8H2,1-3H3. The predicted octanol–water partition coefficient (Wildman–Crippen LogP) is 1.17. The molecule has 0 N–H and O–H groups in total. The summed E-state index contributed by atoms with van der Waals surface area (Å²) < 4.78 is 0. The van der Waals surface area contributed by atoms with Gasteiger partial charge in [0.2, 0.25) is 0 Å². The second-order valence-electron chi connectivity index (χ2n) is 4.52.